The first-order valence-electron chi connectivity index (χ1n) is 1.41. The van der Waals surface area contributed by atoms with E-state index in [0.29, 0.717) is 0 Å². The molecular formula is C3H10ClKO2. The van der Waals surface area contributed by atoms with Gasteiger partial charge >= 0.3 is 51.4 Å². The molecule has 0 unspecified atom stereocenters. The van der Waals surface area contributed by atoms with Gasteiger partial charge in [-0.1, -0.05) is 0 Å². The van der Waals surface area contributed by atoms with Crippen LogP contribution in [0.15, 0.2) is 0 Å². The molecule has 0 aromatic carbocycles. The summed E-state index contributed by atoms with van der Waals surface area (Å²) in [4.78, 5) is 0. The first-order chi connectivity index (χ1) is 1.73. The standard InChI is InChI=1S/C3H8O.ClH.K.H2O/c1-3(2)4;;;/h3-4H,1-2H3;1H;;1H2/q;;+1;/p-1. The Labute approximate surface area is 92.8 Å². The van der Waals surface area contributed by atoms with E-state index in [1.807, 2.05) is 0 Å². The second-order valence-corrected chi connectivity index (χ2v) is 1.09. The van der Waals surface area contributed by atoms with Crippen LogP contribution >= 0.6 is 0 Å². The van der Waals surface area contributed by atoms with Gasteiger partial charge in [0, 0.05) is 6.10 Å². The normalized spacial score (nSPS) is 5.14. The number of aliphatic hydroxyl groups excluding tert-OH is 1. The third-order valence-corrected chi connectivity index (χ3v) is 0. The molecule has 0 saturated heterocycles. The fraction of sp³-hybridized carbons (Fsp3) is 1.00. The third kappa shape index (κ3) is 78.7. The second kappa shape index (κ2) is 15.7. The van der Waals surface area contributed by atoms with Crippen LogP contribution in [0.5, 0.6) is 0 Å². The number of rotatable bonds is 0. The largest absolute Gasteiger partial charge is 1.00 e. The van der Waals surface area contributed by atoms with Gasteiger partial charge in [-0.2, -0.15) is 0 Å². The number of hydrogen-bond donors (Lipinski definition) is 1. The van der Waals surface area contributed by atoms with E-state index in [-0.39, 0.29) is 75.4 Å². The van der Waals surface area contributed by atoms with Crippen molar-refractivity contribution in [2.24, 2.45) is 0 Å². The van der Waals surface area contributed by atoms with Crippen LogP contribution in [0, 0.1) is 0 Å². The molecule has 2 nitrogen and oxygen atoms in total. The van der Waals surface area contributed by atoms with Crippen LogP contribution in [0.3, 0.4) is 0 Å². The molecule has 0 saturated carbocycles. The molecule has 4 heteroatoms. The van der Waals surface area contributed by atoms with Crippen molar-refractivity contribution in [3.8, 4) is 0 Å². The van der Waals surface area contributed by atoms with Crippen LogP contribution in [0.4, 0.5) is 0 Å². The Morgan fingerprint density at radius 2 is 1.29 bits per heavy atom. The summed E-state index contributed by atoms with van der Waals surface area (Å²) in [7, 11) is 0. The minimum absolute atomic E-state index is 0. The van der Waals surface area contributed by atoms with Crippen molar-refractivity contribution in [1.29, 1.82) is 0 Å². The molecule has 0 atom stereocenters. The molecule has 3 N–H and O–H groups in total. The predicted octanol–water partition coefficient (Wildman–Crippen LogP) is -6.43. The fourth-order valence-electron chi connectivity index (χ4n) is 0. The van der Waals surface area contributed by atoms with E-state index < -0.39 is 0 Å². The summed E-state index contributed by atoms with van der Waals surface area (Å²) >= 11 is 0. The van der Waals surface area contributed by atoms with Crippen LogP contribution in [0.2, 0.25) is 0 Å². The van der Waals surface area contributed by atoms with Gasteiger partial charge in [-0.05, 0) is 13.8 Å². The van der Waals surface area contributed by atoms with Gasteiger partial charge in [0.25, 0.3) is 0 Å². The van der Waals surface area contributed by atoms with E-state index in [1.54, 1.807) is 13.8 Å². The molecule has 0 aliphatic rings. The SMILES string of the molecule is CC(C)O.O.[Cl-].[K+]. The van der Waals surface area contributed by atoms with E-state index in [0.717, 1.165) is 0 Å². The molecule has 7 heavy (non-hydrogen) atoms. The van der Waals surface area contributed by atoms with Crippen molar-refractivity contribution in [2.45, 2.75) is 20.0 Å². The molecule has 0 bridgehead atoms. The quantitative estimate of drug-likeness (QED) is 0.345. The smallest absolute Gasteiger partial charge is 1.00 e. The molecular weight excluding hydrogens is 143 g/mol. The van der Waals surface area contributed by atoms with E-state index in [9.17, 15) is 0 Å². The minimum Gasteiger partial charge on any atom is -1.00 e. The predicted molar refractivity (Wildman–Crippen MR) is 21.0 cm³/mol. The molecule has 0 fully saturated rings. The molecule has 0 radical (unpaired) electrons. The summed E-state index contributed by atoms with van der Waals surface area (Å²) in [6.07, 6.45) is -0.167. The van der Waals surface area contributed by atoms with Gasteiger partial charge in [0.1, 0.15) is 0 Å². The molecule has 42 valence electrons. The second-order valence-electron chi connectivity index (χ2n) is 1.09. The zero-order valence-corrected chi connectivity index (χ0v) is 8.78. The van der Waals surface area contributed by atoms with Crippen molar-refractivity contribution in [1.82, 2.24) is 0 Å². The van der Waals surface area contributed by atoms with E-state index in [2.05, 4.69) is 0 Å². The maximum Gasteiger partial charge on any atom is 1.00 e. The Morgan fingerprint density at radius 3 is 1.29 bits per heavy atom. The zero-order chi connectivity index (χ0) is 3.58. The zero-order valence-electron chi connectivity index (χ0n) is 4.90. The molecule has 0 aliphatic heterocycles. The average Bonchev–Trinajstić information content (AvgIpc) is 0.811. The maximum absolute atomic E-state index is 8.06. The topological polar surface area (TPSA) is 51.7 Å². The van der Waals surface area contributed by atoms with Crippen LogP contribution in [0.25, 0.3) is 0 Å². The fourth-order valence-corrected chi connectivity index (χ4v) is 0. The summed E-state index contributed by atoms with van der Waals surface area (Å²) in [6.45, 7) is 3.44. The molecule has 0 rings (SSSR count). The molecule has 0 spiro atoms. The monoisotopic (exact) mass is 152 g/mol. The van der Waals surface area contributed by atoms with Crippen LogP contribution in [-0.2, 0) is 0 Å². The van der Waals surface area contributed by atoms with Gasteiger partial charge in [-0.25, -0.2) is 0 Å². The van der Waals surface area contributed by atoms with Gasteiger partial charge in [0.2, 0.25) is 0 Å². The first-order valence-corrected chi connectivity index (χ1v) is 1.41. The van der Waals surface area contributed by atoms with Crippen molar-refractivity contribution in [3.05, 3.63) is 0 Å². The summed E-state index contributed by atoms with van der Waals surface area (Å²) in [5, 5.41) is 8.06. The first kappa shape index (κ1) is 23.2. The van der Waals surface area contributed by atoms with Crippen LogP contribution < -0.4 is 63.8 Å². The summed E-state index contributed by atoms with van der Waals surface area (Å²) in [5.41, 5.74) is 0. The number of halogens is 1. The molecule has 0 heterocycles. The summed E-state index contributed by atoms with van der Waals surface area (Å²) in [6, 6.07) is 0. The molecule has 0 aromatic rings. The van der Waals surface area contributed by atoms with Crippen molar-refractivity contribution < 1.29 is 74.4 Å². The van der Waals surface area contributed by atoms with E-state index in [1.165, 1.54) is 0 Å². The van der Waals surface area contributed by atoms with Gasteiger partial charge in [-0.3, -0.25) is 0 Å². The van der Waals surface area contributed by atoms with Crippen LogP contribution in [0.1, 0.15) is 13.8 Å². The number of aliphatic hydroxyl groups is 1. The Bertz CT molecular complexity index is 17.7. The Hall–Kier alpha value is 1.85. The Kier molecular flexibility index (Phi) is 51.9. The van der Waals surface area contributed by atoms with Gasteiger partial charge in [0.15, 0.2) is 0 Å². The number of hydrogen-bond acceptors (Lipinski definition) is 1. The Morgan fingerprint density at radius 1 is 1.29 bits per heavy atom. The molecule has 0 aliphatic carbocycles. The van der Waals surface area contributed by atoms with Gasteiger partial charge in [-0.15, -0.1) is 0 Å². The van der Waals surface area contributed by atoms with E-state index in [4.69, 9.17) is 5.11 Å². The van der Waals surface area contributed by atoms with Crippen molar-refractivity contribution in [3.63, 3.8) is 0 Å². The van der Waals surface area contributed by atoms with Crippen LogP contribution in [-0.4, -0.2) is 16.7 Å². The minimum atomic E-state index is -0.167. The average molecular weight is 153 g/mol. The van der Waals surface area contributed by atoms with Crippen molar-refractivity contribution >= 4 is 0 Å². The third-order valence-electron chi connectivity index (χ3n) is 0. The Balaban J connectivity index is -0.0000000150. The summed E-state index contributed by atoms with van der Waals surface area (Å²) < 4.78 is 0. The van der Waals surface area contributed by atoms with E-state index >= 15 is 0 Å². The van der Waals surface area contributed by atoms with Gasteiger partial charge in [0.05, 0.1) is 0 Å². The molecule has 0 aromatic heterocycles. The summed E-state index contributed by atoms with van der Waals surface area (Å²) in [5.74, 6) is 0. The van der Waals surface area contributed by atoms with Crippen molar-refractivity contribution in [2.75, 3.05) is 0 Å². The maximum atomic E-state index is 8.06. The molecule has 0 amide bonds. The van der Waals surface area contributed by atoms with Gasteiger partial charge < -0.3 is 23.0 Å².